The van der Waals surface area contributed by atoms with Gasteiger partial charge in [-0.15, -0.1) is 0 Å². The molecule has 0 rings (SSSR count). The molecule has 0 aliphatic carbocycles. The van der Waals surface area contributed by atoms with E-state index in [0.29, 0.717) is 0 Å². The van der Waals surface area contributed by atoms with Crippen molar-refractivity contribution in [3.05, 3.63) is 0 Å². The second kappa shape index (κ2) is 2.49. The summed E-state index contributed by atoms with van der Waals surface area (Å²) < 4.78 is 4.80. The summed E-state index contributed by atoms with van der Waals surface area (Å²) in [5, 5.41) is 8.09. The zero-order chi connectivity index (χ0) is 5.91. The van der Waals surface area contributed by atoms with Gasteiger partial charge in [0.05, 0.1) is 0 Å². The quantitative estimate of drug-likeness (QED) is 0.529. The lowest BCUT2D eigenvalue weighted by Gasteiger charge is -2.13. The Morgan fingerprint density at radius 2 is 1.86 bits per heavy atom. The van der Waals surface area contributed by atoms with Gasteiger partial charge in [-0.3, -0.25) is 0 Å². The maximum Gasteiger partial charge on any atom is 0.473 e. The molecule has 2 nitrogen and oxygen atoms in total. The van der Waals surface area contributed by atoms with Gasteiger partial charge in [0.1, 0.15) is 0 Å². The lowest BCUT2D eigenvalue weighted by Crippen LogP contribution is -2.27. The SMILES string of the molecule is C[Si](C)(C)O[B]O. The van der Waals surface area contributed by atoms with E-state index in [4.69, 9.17) is 9.37 Å². The number of hydrogen-bond donors (Lipinski definition) is 1. The van der Waals surface area contributed by atoms with Crippen LogP contribution in [-0.2, 0) is 4.34 Å². The van der Waals surface area contributed by atoms with Gasteiger partial charge in [-0.2, -0.15) is 0 Å². The van der Waals surface area contributed by atoms with Crippen LogP contribution in [0.25, 0.3) is 0 Å². The summed E-state index contributed by atoms with van der Waals surface area (Å²) >= 11 is 0. The predicted molar refractivity (Wildman–Crippen MR) is 32.4 cm³/mol. The number of hydrogen-bond acceptors (Lipinski definition) is 2. The summed E-state index contributed by atoms with van der Waals surface area (Å²) in [5.74, 6) is 0. The molecule has 7 heavy (non-hydrogen) atoms. The lowest BCUT2D eigenvalue weighted by atomic mass is 10.4. The molecule has 0 aromatic carbocycles. The van der Waals surface area contributed by atoms with Gasteiger partial charge < -0.3 is 9.37 Å². The second-order valence-electron chi connectivity index (χ2n) is 2.34. The molecule has 0 unspecified atom stereocenters. The first-order valence-electron chi connectivity index (χ1n) is 2.20. The molecule has 1 N–H and O–H groups in total. The highest BCUT2D eigenvalue weighted by atomic mass is 28.4. The molecule has 4 heteroatoms. The first-order valence-corrected chi connectivity index (χ1v) is 5.61. The molecule has 0 heterocycles. The lowest BCUT2D eigenvalue weighted by molar-refractivity contribution is 0.452. The molecule has 0 aliphatic heterocycles. The van der Waals surface area contributed by atoms with Gasteiger partial charge in [0.25, 0.3) is 0 Å². The fourth-order valence-corrected chi connectivity index (χ4v) is 0.474. The molecule has 0 aromatic rings. The van der Waals surface area contributed by atoms with E-state index in [1.165, 1.54) is 0 Å². The minimum absolute atomic E-state index is 0.770. The Balaban J connectivity index is 3.15. The minimum atomic E-state index is -1.46. The first kappa shape index (κ1) is 7.20. The highest BCUT2D eigenvalue weighted by molar-refractivity contribution is 6.73. The summed E-state index contributed by atoms with van der Waals surface area (Å²) in [7, 11) is -0.693. The molecular weight excluding hydrogens is 107 g/mol. The molecular formula is C3H10BO2Si. The van der Waals surface area contributed by atoms with Gasteiger partial charge in [-0.25, -0.2) is 0 Å². The van der Waals surface area contributed by atoms with Crippen molar-refractivity contribution >= 4 is 16.0 Å². The van der Waals surface area contributed by atoms with Crippen molar-refractivity contribution < 1.29 is 9.37 Å². The van der Waals surface area contributed by atoms with Crippen LogP contribution in [0.4, 0.5) is 0 Å². The Labute approximate surface area is 45.9 Å². The molecule has 0 aliphatic rings. The first-order chi connectivity index (χ1) is 3.06. The second-order valence-corrected chi connectivity index (χ2v) is 6.80. The van der Waals surface area contributed by atoms with E-state index in [1.54, 1.807) is 0 Å². The zero-order valence-corrected chi connectivity index (χ0v) is 5.93. The maximum absolute atomic E-state index is 8.09. The van der Waals surface area contributed by atoms with Crippen molar-refractivity contribution in [1.29, 1.82) is 0 Å². The van der Waals surface area contributed by atoms with Crippen LogP contribution in [0.1, 0.15) is 0 Å². The molecule has 0 amide bonds. The van der Waals surface area contributed by atoms with Gasteiger partial charge in [0.15, 0.2) is 8.32 Å². The van der Waals surface area contributed by atoms with E-state index < -0.39 is 8.32 Å². The van der Waals surface area contributed by atoms with E-state index >= 15 is 0 Å². The van der Waals surface area contributed by atoms with E-state index in [-0.39, 0.29) is 0 Å². The van der Waals surface area contributed by atoms with Crippen LogP contribution in [0, 0.1) is 0 Å². The third-order valence-electron chi connectivity index (χ3n) is 0.406. The van der Waals surface area contributed by atoms with Gasteiger partial charge in [0.2, 0.25) is 0 Å². The Hall–Kier alpha value is 0.202. The third-order valence-corrected chi connectivity index (χ3v) is 1.22. The molecule has 0 spiro atoms. The highest BCUT2D eigenvalue weighted by Gasteiger charge is 2.12. The Morgan fingerprint density at radius 3 is 1.86 bits per heavy atom. The van der Waals surface area contributed by atoms with Gasteiger partial charge >= 0.3 is 7.69 Å². The van der Waals surface area contributed by atoms with Crippen LogP contribution in [0.3, 0.4) is 0 Å². The van der Waals surface area contributed by atoms with Crippen LogP contribution in [0.15, 0.2) is 0 Å². The van der Waals surface area contributed by atoms with E-state index in [0.717, 1.165) is 7.69 Å². The van der Waals surface area contributed by atoms with E-state index in [1.807, 2.05) is 19.6 Å². The van der Waals surface area contributed by atoms with Crippen molar-refractivity contribution in [2.45, 2.75) is 19.6 Å². The largest absolute Gasteiger partial charge is 0.473 e. The Morgan fingerprint density at radius 1 is 1.43 bits per heavy atom. The number of rotatable bonds is 2. The average Bonchev–Trinajstić information content (AvgIpc) is 1.30. The monoisotopic (exact) mass is 117 g/mol. The van der Waals surface area contributed by atoms with Crippen LogP contribution in [0.5, 0.6) is 0 Å². The molecule has 0 saturated carbocycles. The predicted octanol–water partition coefficient (Wildman–Crippen LogP) is 0.364. The molecule has 1 radical (unpaired) electrons. The van der Waals surface area contributed by atoms with Crippen molar-refractivity contribution in [3.8, 4) is 0 Å². The Kier molecular flexibility index (Phi) is 2.57. The minimum Gasteiger partial charge on any atom is -0.456 e. The maximum atomic E-state index is 8.09. The summed E-state index contributed by atoms with van der Waals surface area (Å²) in [5.41, 5.74) is 0. The zero-order valence-electron chi connectivity index (χ0n) is 4.93. The van der Waals surface area contributed by atoms with Gasteiger partial charge in [-0.1, -0.05) is 0 Å². The van der Waals surface area contributed by atoms with Crippen LogP contribution >= 0.6 is 0 Å². The Bertz CT molecular complexity index is 51.4. The molecule has 0 bridgehead atoms. The normalized spacial score (nSPS) is 11.4. The highest BCUT2D eigenvalue weighted by Crippen LogP contribution is 1.98. The van der Waals surface area contributed by atoms with Crippen LogP contribution in [-0.4, -0.2) is 21.0 Å². The third kappa shape index (κ3) is 6.20. The molecule has 0 fully saturated rings. The van der Waals surface area contributed by atoms with Crippen molar-refractivity contribution in [3.63, 3.8) is 0 Å². The van der Waals surface area contributed by atoms with E-state index in [9.17, 15) is 0 Å². The van der Waals surface area contributed by atoms with E-state index in [2.05, 4.69) is 0 Å². The van der Waals surface area contributed by atoms with Gasteiger partial charge in [-0.05, 0) is 19.6 Å². The molecule has 41 valence electrons. The summed E-state index contributed by atoms with van der Waals surface area (Å²) in [4.78, 5) is 0. The fraction of sp³-hybridized carbons (Fsp3) is 1.00. The summed E-state index contributed by atoms with van der Waals surface area (Å²) in [6.45, 7) is 6.00. The smallest absolute Gasteiger partial charge is 0.456 e. The van der Waals surface area contributed by atoms with Crippen molar-refractivity contribution in [2.24, 2.45) is 0 Å². The fourth-order valence-electron chi connectivity index (χ4n) is 0.158. The standard InChI is InChI=1S/C3H10BO2Si/c1-7(2,3)6-4-5/h5H,1-3H3. The average molecular weight is 117 g/mol. The van der Waals surface area contributed by atoms with Crippen LogP contribution < -0.4 is 0 Å². The van der Waals surface area contributed by atoms with Crippen LogP contribution in [0.2, 0.25) is 19.6 Å². The molecule has 0 saturated heterocycles. The van der Waals surface area contributed by atoms with Crippen molar-refractivity contribution in [1.82, 2.24) is 0 Å². The molecule has 0 atom stereocenters. The summed E-state index contributed by atoms with van der Waals surface area (Å²) in [6, 6.07) is 0. The molecule has 0 aromatic heterocycles. The van der Waals surface area contributed by atoms with Crippen molar-refractivity contribution in [2.75, 3.05) is 0 Å². The van der Waals surface area contributed by atoms with Gasteiger partial charge in [0, 0.05) is 0 Å². The topological polar surface area (TPSA) is 29.5 Å². The summed E-state index contributed by atoms with van der Waals surface area (Å²) in [6.07, 6.45) is 0.